The van der Waals surface area contributed by atoms with E-state index in [1.54, 1.807) is 24.5 Å². The Labute approximate surface area is 132 Å². The van der Waals surface area contributed by atoms with Crippen LogP contribution in [0, 0.1) is 11.3 Å². The maximum atomic E-state index is 8.76. The van der Waals surface area contributed by atoms with Crippen LogP contribution in [0.3, 0.4) is 0 Å². The molecule has 2 aromatic carbocycles. The number of benzene rings is 2. The van der Waals surface area contributed by atoms with Gasteiger partial charge in [0.25, 0.3) is 0 Å². The fourth-order valence-electron chi connectivity index (χ4n) is 2.04. The Morgan fingerprint density at radius 1 is 1.14 bits per heavy atom. The second-order valence-electron chi connectivity index (χ2n) is 4.62. The highest BCUT2D eigenvalue weighted by Crippen LogP contribution is 2.24. The molecule has 0 radical (unpaired) electrons. The number of hydrazone groups is 1. The van der Waals surface area contributed by atoms with Gasteiger partial charge in [-0.1, -0.05) is 23.7 Å². The van der Waals surface area contributed by atoms with E-state index in [1.165, 1.54) is 0 Å². The van der Waals surface area contributed by atoms with Crippen LogP contribution in [0.2, 0.25) is 5.02 Å². The van der Waals surface area contributed by atoms with Crippen molar-refractivity contribution in [2.75, 3.05) is 5.43 Å². The fourth-order valence-corrected chi connectivity index (χ4v) is 2.21. The first kappa shape index (κ1) is 14.1. The van der Waals surface area contributed by atoms with Crippen LogP contribution in [-0.2, 0) is 0 Å². The lowest BCUT2D eigenvalue weighted by Crippen LogP contribution is -1.93. The quantitative estimate of drug-likeness (QED) is 0.582. The van der Waals surface area contributed by atoms with E-state index < -0.39 is 0 Å². The minimum absolute atomic E-state index is 0.627. The number of nitriles is 1. The highest BCUT2D eigenvalue weighted by atomic mass is 35.5. The van der Waals surface area contributed by atoms with Gasteiger partial charge in [0.1, 0.15) is 0 Å². The SMILES string of the molecule is N#Cc1ccc(/C=N/Nc2ccnc3cc(Cl)ccc23)cc1. The molecule has 0 aliphatic rings. The first-order chi connectivity index (χ1) is 10.8. The number of aromatic nitrogens is 1. The molecule has 0 bridgehead atoms. The lowest BCUT2D eigenvalue weighted by atomic mass is 10.2. The zero-order valence-electron chi connectivity index (χ0n) is 11.5. The summed E-state index contributed by atoms with van der Waals surface area (Å²) >= 11 is 5.97. The van der Waals surface area contributed by atoms with Gasteiger partial charge in [-0.25, -0.2) is 0 Å². The lowest BCUT2D eigenvalue weighted by molar-refractivity contribution is 1.33. The topological polar surface area (TPSA) is 61.1 Å². The maximum Gasteiger partial charge on any atom is 0.0991 e. The van der Waals surface area contributed by atoms with Crippen LogP contribution in [0.5, 0.6) is 0 Å². The van der Waals surface area contributed by atoms with Gasteiger partial charge < -0.3 is 0 Å². The second kappa shape index (κ2) is 6.25. The Balaban J connectivity index is 1.81. The number of nitrogens with zero attached hydrogens (tertiary/aromatic N) is 3. The fraction of sp³-hybridized carbons (Fsp3) is 0. The number of hydrogen-bond donors (Lipinski definition) is 1. The number of hydrogen-bond acceptors (Lipinski definition) is 4. The van der Waals surface area contributed by atoms with Crippen LogP contribution >= 0.6 is 11.6 Å². The summed E-state index contributed by atoms with van der Waals surface area (Å²) < 4.78 is 0. The van der Waals surface area contributed by atoms with Crippen molar-refractivity contribution >= 4 is 34.4 Å². The van der Waals surface area contributed by atoms with Crippen molar-refractivity contribution in [3.8, 4) is 6.07 Å². The molecule has 0 amide bonds. The van der Waals surface area contributed by atoms with E-state index in [4.69, 9.17) is 16.9 Å². The molecule has 3 rings (SSSR count). The normalized spacial score (nSPS) is 10.7. The van der Waals surface area contributed by atoms with E-state index in [0.717, 1.165) is 22.2 Å². The van der Waals surface area contributed by atoms with Crippen LogP contribution in [0.4, 0.5) is 5.69 Å². The van der Waals surface area contributed by atoms with Crippen LogP contribution in [0.25, 0.3) is 10.9 Å². The largest absolute Gasteiger partial charge is 0.278 e. The molecule has 0 unspecified atom stereocenters. The zero-order valence-corrected chi connectivity index (χ0v) is 12.2. The first-order valence-electron chi connectivity index (χ1n) is 6.60. The summed E-state index contributed by atoms with van der Waals surface area (Å²) in [6.45, 7) is 0. The van der Waals surface area contributed by atoms with Crippen molar-refractivity contribution in [2.45, 2.75) is 0 Å². The van der Waals surface area contributed by atoms with E-state index >= 15 is 0 Å². The molecular weight excluding hydrogens is 296 g/mol. The minimum Gasteiger partial charge on any atom is -0.278 e. The van der Waals surface area contributed by atoms with E-state index in [1.807, 2.05) is 36.4 Å². The van der Waals surface area contributed by atoms with E-state index in [9.17, 15) is 0 Å². The summed E-state index contributed by atoms with van der Waals surface area (Å²) in [5.41, 5.74) is 6.21. The van der Waals surface area contributed by atoms with Crippen molar-refractivity contribution in [1.29, 1.82) is 5.26 Å². The molecule has 1 N–H and O–H groups in total. The Morgan fingerprint density at radius 3 is 2.73 bits per heavy atom. The van der Waals surface area contributed by atoms with Gasteiger partial charge in [0.2, 0.25) is 0 Å². The van der Waals surface area contributed by atoms with Crippen molar-refractivity contribution in [3.63, 3.8) is 0 Å². The molecule has 0 saturated carbocycles. The molecule has 0 saturated heterocycles. The molecule has 0 aliphatic heterocycles. The lowest BCUT2D eigenvalue weighted by Gasteiger charge is -2.05. The standard InChI is InChI=1S/C17H11ClN4/c18-14-5-6-15-16(7-8-20-17(15)9-14)22-21-11-13-3-1-12(10-19)2-4-13/h1-9,11H,(H,20,22)/b21-11+. The smallest absolute Gasteiger partial charge is 0.0991 e. The highest BCUT2D eigenvalue weighted by molar-refractivity contribution is 6.31. The second-order valence-corrected chi connectivity index (χ2v) is 5.06. The Bertz CT molecular complexity index is 879. The Hall–Kier alpha value is -2.90. The van der Waals surface area contributed by atoms with Gasteiger partial charge in [-0.15, -0.1) is 0 Å². The molecule has 0 aliphatic carbocycles. The number of rotatable bonds is 3. The highest BCUT2D eigenvalue weighted by Gasteiger charge is 2.01. The first-order valence-corrected chi connectivity index (χ1v) is 6.97. The van der Waals surface area contributed by atoms with Crippen LogP contribution in [0.1, 0.15) is 11.1 Å². The molecule has 0 spiro atoms. The van der Waals surface area contributed by atoms with Gasteiger partial charge in [-0.3, -0.25) is 10.4 Å². The zero-order chi connectivity index (χ0) is 15.4. The van der Waals surface area contributed by atoms with Crippen molar-refractivity contribution < 1.29 is 0 Å². The van der Waals surface area contributed by atoms with Gasteiger partial charge in [-0.05, 0) is 42.0 Å². The Kier molecular flexibility index (Phi) is 3.99. The molecular formula is C17H11ClN4. The maximum absolute atomic E-state index is 8.76. The van der Waals surface area contributed by atoms with E-state index in [2.05, 4.69) is 21.6 Å². The van der Waals surface area contributed by atoms with Gasteiger partial charge >= 0.3 is 0 Å². The predicted molar refractivity (Wildman–Crippen MR) is 89.1 cm³/mol. The summed E-state index contributed by atoms with van der Waals surface area (Å²) in [6, 6.07) is 16.7. The molecule has 106 valence electrons. The Morgan fingerprint density at radius 2 is 1.95 bits per heavy atom. The number of fused-ring (bicyclic) bond motifs is 1. The van der Waals surface area contributed by atoms with Crippen molar-refractivity contribution in [2.24, 2.45) is 5.10 Å². The molecule has 1 heterocycles. The van der Waals surface area contributed by atoms with Crippen molar-refractivity contribution in [1.82, 2.24) is 4.98 Å². The summed E-state index contributed by atoms with van der Waals surface area (Å²) in [5, 5.41) is 14.6. The van der Waals surface area contributed by atoms with Gasteiger partial charge in [-0.2, -0.15) is 10.4 Å². The van der Waals surface area contributed by atoms with Gasteiger partial charge in [0, 0.05) is 16.6 Å². The van der Waals surface area contributed by atoms with Gasteiger partial charge in [0.15, 0.2) is 0 Å². The van der Waals surface area contributed by atoms with Gasteiger partial charge in [0.05, 0.1) is 29.1 Å². The van der Waals surface area contributed by atoms with Crippen LogP contribution < -0.4 is 5.43 Å². The molecule has 4 nitrogen and oxygen atoms in total. The number of nitrogens with one attached hydrogen (secondary N) is 1. The average molecular weight is 307 g/mol. The molecule has 1 aromatic heterocycles. The third-order valence-corrected chi connectivity index (χ3v) is 3.38. The summed E-state index contributed by atoms with van der Waals surface area (Å²) in [7, 11) is 0. The third-order valence-electron chi connectivity index (χ3n) is 3.14. The molecule has 5 heteroatoms. The number of halogens is 1. The van der Waals surface area contributed by atoms with Crippen LogP contribution in [-0.4, -0.2) is 11.2 Å². The third kappa shape index (κ3) is 3.05. The number of anilines is 1. The number of pyridine rings is 1. The monoisotopic (exact) mass is 306 g/mol. The molecule has 0 fully saturated rings. The van der Waals surface area contributed by atoms with E-state index in [-0.39, 0.29) is 0 Å². The minimum atomic E-state index is 0.627. The van der Waals surface area contributed by atoms with Crippen LogP contribution in [0.15, 0.2) is 59.8 Å². The van der Waals surface area contributed by atoms with Crippen molar-refractivity contribution in [3.05, 3.63) is 70.9 Å². The molecule has 22 heavy (non-hydrogen) atoms. The summed E-state index contributed by atoms with van der Waals surface area (Å²) in [5.74, 6) is 0. The summed E-state index contributed by atoms with van der Waals surface area (Å²) in [6.07, 6.45) is 3.40. The predicted octanol–water partition coefficient (Wildman–Crippen LogP) is 4.21. The molecule has 3 aromatic rings. The average Bonchev–Trinajstić information content (AvgIpc) is 2.55. The molecule has 0 atom stereocenters. The summed E-state index contributed by atoms with van der Waals surface area (Å²) in [4.78, 5) is 4.28. The van der Waals surface area contributed by atoms with E-state index in [0.29, 0.717) is 10.6 Å².